The number of fused-ring (bicyclic) bond motifs is 1. The lowest BCUT2D eigenvalue weighted by Crippen LogP contribution is -2.21. The van der Waals surface area contributed by atoms with Crippen LogP contribution in [0.25, 0.3) is 0 Å². The Kier molecular flexibility index (Phi) is 6.78. The second-order valence-corrected chi connectivity index (χ2v) is 6.01. The molecule has 0 atom stereocenters. The van der Waals surface area contributed by atoms with E-state index in [0.717, 1.165) is 0 Å². The first-order valence-electron chi connectivity index (χ1n) is 9.37. The summed E-state index contributed by atoms with van der Waals surface area (Å²) in [6, 6.07) is 9.80. The van der Waals surface area contributed by atoms with Crippen LogP contribution in [0.5, 0.6) is 23.0 Å². The van der Waals surface area contributed by atoms with Crippen molar-refractivity contribution in [1.29, 1.82) is 0 Å². The first kappa shape index (κ1) is 20.3. The van der Waals surface area contributed by atoms with Gasteiger partial charge in [-0.1, -0.05) is 0 Å². The quantitative estimate of drug-likeness (QED) is 0.680. The molecule has 1 heterocycles. The summed E-state index contributed by atoms with van der Waals surface area (Å²) in [6.45, 7) is 5.12. The average Bonchev–Trinajstić information content (AvgIpc) is 2.73. The highest BCUT2D eigenvalue weighted by molar-refractivity contribution is 5.96. The van der Waals surface area contributed by atoms with Crippen molar-refractivity contribution in [2.24, 2.45) is 0 Å². The lowest BCUT2D eigenvalue weighted by Gasteiger charge is -2.19. The van der Waals surface area contributed by atoms with Gasteiger partial charge in [0.25, 0.3) is 5.91 Å². The van der Waals surface area contributed by atoms with Crippen LogP contribution in [0.15, 0.2) is 36.4 Å². The summed E-state index contributed by atoms with van der Waals surface area (Å²) in [5.41, 5.74) is 0.791. The maximum absolute atomic E-state index is 12.3. The van der Waals surface area contributed by atoms with Gasteiger partial charge in [0.15, 0.2) is 29.6 Å². The Morgan fingerprint density at radius 3 is 2.41 bits per heavy atom. The Morgan fingerprint density at radius 2 is 1.66 bits per heavy atom. The summed E-state index contributed by atoms with van der Waals surface area (Å²) in [5, 5.41) is 2.66. The first-order chi connectivity index (χ1) is 14.1. The standard InChI is InChI=1S/C21H23NO7/c1-3-25-16-7-5-14(11-18(16)26-4-2)21(24)29-13-20(23)22-15-6-8-17-19(12-15)28-10-9-27-17/h5-8,11-12H,3-4,9-10,13H2,1-2H3,(H,22,23). The summed E-state index contributed by atoms with van der Waals surface area (Å²) in [6.07, 6.45) is 0. The van der Waals surface area contributed by atoms with Crippen molar-refractivity contribution in [1.82, 2.24) is 0 Å². The van der Waals surface area contributed by atoms with Gasteiger partial charge in [0.2, 0.25) is 0 Å². The third-order valence-corrected chi connectivity index (χ3v) is 3.94. The van der Waals surface area contributed by atoms with Gasteiger partial charge in [-0.15, -0.1) is 0 Å². The van der Waals surface area contributed by atoms with Gasteiger partial charge in [-0.2, -0.15) is 0 Å². The number of benzene rings is 2. The molecule has 2 aromatic carbocycles. The fourth-order valence-corrected chi connectivity index (χ4v) is 2.71. The molecular formula is C21H23NO7. The van der Waals surface area contributed by atoms with E-state index in [4.69, 9.17) is 23.7 Å². The summed E-state index contributed by atoms with van der Waals surface area (Å²) < 4.78 is 27.0. The van der Waals surface area contributed by atoms with Crippen LogP contribution >= 0.6 is 0 Å². The molecule has 3 rings (SSSR count). The van der Waals surface area contributed by atoms with E-state index in [-0.39, 0.29) is 5.56 Å². The monoisotopic (exact) mass is 401 g/mol. The molecule has 0 bridgehead atoms. The van der Waals surface area contributed by atoms with Crippen molar-refractivity contribution in [2.45, 2.75) is 13.8 Å². The van der Waals surface area contributed by atoms with Gasteiger partial charge in [-0.05, 0) is 44.2 Å². The summed E-state index contributed by atoms with van der Waals surface area (Å²) in [5.74, 6) is 1.08. The van der Waals surface area contributed by atoms with Crippen molar-refractivity contribution in [2.75, 3.05) is 38.4 Å². The number of carbonyl (C=O) groups excluding carboxylic acids is 2. The first-order valence-corrected chi connectivity index (χ1v) is 9.37. The fourth-order valence-electron chi connectivity index (χ4n) is 2.71. The normalized spacial score (nSPS) is 12.1. The van der Waals surface area contributed by atoms with Gasteiger partial charge in [-0.3, -0.25) is 4.79 Å². The smallest absolute Gasteiger partial charge is 0.338 e. The van der Waals surface area contributed by atoms with Crippen molar-refractivity contribution in [3.8, 4) is 23.0 Å². The van der Waals surface area contributed by atoms with Crippen LogP contribution in [0.1, 0.15) is 24.2 Å². The third kappa shape index (κ3) is 5.31. The molecule has 8 nitrogen and oxygen atoms in total. The SMILES string of the molecule is CCOc1ccc(C(=O)OCC(=O)Nc2ccc3c(c2)OCCO3)cc1OCC. The zero-order valence-electron chi connectivity index (χ0n) is 16.4. The van der Waals surface area contributed by atoms with Gasteiger partial charge in [-0.25, -0.2) is 4.79 Å². The summed E-state index contributed by atoms with van der Waals surface area (Å²) in [4.78, 5) is 24.4. The number of carbonyl (C=O) groups is 2. The summed E-state index contributed by atoms with van der Waals surface area (Å²) in [7, 11) is 0. The van der Waals surface area contributed by atoms with Gasteiger partial charge in [0.05, 0.1) is 18.8 Å². The molecule has 0 fully saturated rings. The van der Waals surface area contributed by atoms with Gasteiger partial charge in [0, 0.05) is 11.8 Å². The number of rotatable bonds is 8. The van der Waals surface area contributed by atoms with E-state index in [1.807, 2.05) is 13.8 Å². The average molecular weight is 401 g/mol. The molecule has 1 aliphatic heterocycles. The van der Waals surface area contributed by atoms with Crippen molar-refractivity contribution in [3.05, 3.63) is 42.0 Å². The van der Waals surface area contributed by atoms with Crippen LogP contribution in [0, 0.1) is 0 Å². The second kappa shape index (κ2) is 9.68. The van der Waals surface area contributed by atoms with E-state index in [0.29, 0.717) is 55.1 Å². The van der Waals surface area contributed by atoms with E-state index in [1.54, 1.807) is 30.3 Å². The molecule has 154 valence electrons. The minimum Gasteiger partial charge on any atom is -0.490 e. The Morgan fingerprint density at radius 1 is 0.931 bits per heavy atom. The molecule has 0 saturated carbocycles. The highest BCUT2D eigenvalue weighted by Crippen LogP contribution is 2.32. The maximum Gasteiger partial charge on any atom is 0.338 e. The highest BCUT2D eigenvalue weighted by atomic mass is 16.6. The van der Waals surface area contributed by atoms with Crippen LogP contribution < -0.4 is 24.3 Å². The number of hydrogen-bond acceptors (Lipinski definition) is 7. The van der Waals surface area contributed by atoms with Gasteiger partial charge < -0.3 is 29.0 Å². The third-order valence-electron chi connectivity index (χ3n) is 3.94. The molecule has 8 heteroatoms. The molecule has 0 spiro atoms. The topological polar surface area (TPSA) is 92.3 Å². The lowest BCUT2D eigenvalue weighted by atomic mass is 10.2. The van der Waals surface area contributed by atoms with Gasteiger partial charge >= 0.3 is 5.97 Å². The Balaban J connectivity index is 1.57. The lowest BCUT2D eigenvalue weighted by molar-refractivity contribution is -0.119. The molecule has 0 aromatic heterocycles. The molecule has 0 radical (unpaired) electrons. The van der Waals surface area contributed by atoms with Gasteiger partial charge in [0.1, 0.15) is 13.2 Å². The molecule has 1 aliphatic rings. The number of ether oxygens (including phenoxy) is 5. The van der Waals surface area contributed by atoms with Crippen LogP contribution in [-0.2, 0) is 9.53 Å². The highest BCUT2D eigenvalue weighted by Gasteiger charge is 2.16. The van der Waals surface area contributed by atoms with Crippen LogP contribution in [0.4, 0.5) is 5.69 Å². The van der Waals surface area contributed by atoms with E-state index < -0.39 is 18.5 Å². The Labute approximate surface area is 168 Å². The molecule has 1 N–H and O–H groups in total. The van der Waals surface area contributed by atoms with E-state index in [2.05, 4.69) is 5.32 Å². The predicted octanol–water partition coefficient (Wildman–Crippen LogP) is 3.05. The molecule has 2 aromatic rings. The molecule has 0 unspecified atom stereocenters. The van der Waals surface area contributed by atoms with E-state index >= 15 is 0 Å². The zero-order valence-corrected chi connectivity index (χ0v) is 16.4. The van der Waals surface area contributed by atoms with Crippen molar-refractivity contribution < 1.29 is 33.3 Å². The Hall–Kier alpha value is -3.42. The van der Waals surface area contributed by atoms with E-state index in [1.165, 1.54) is 6.07 Å². The zero-order chi connectivity index (χ0) is 20.6. The largest absolute Gasteiger partial charge is 0.490 e. The van der Waals surface area contributed by atoms with Crippen LogP contribution in [0.2, 0.25) is 0 Å². The summed E-state index contributed by atoms with van der Waals surface area (Å²) >= 11 is 0. The van der Waals surface area contributed by atoms with Crippen molar-refractivity contribution >= 4 is 17.6 Å². The second-order valence-electron chi connectivity index (χ2n) is 6.01. The number of anilines is 1. The minimum absolute atomic E-state index is 0.268. The number of esters is 1. The van der Waals surface area contributed by atoms with E-state index in [9.17, 15) is 9.59 Å². The molecule has 1 amide bonds. The molecule has 0 saturated heterocycles. The minimum atomic E-state index is -0.633. The van der Waals surface area contributed by atoms with Crippen LogP contribution in [-0.4, -0.2) is 44.9 Å². The predicted molar refractivity (Wildman–Crippen MR) is 105 cm³/mol. The molecular weight excluding hydrogens is 378 g/mol. The molecule has 29 heavy (non-hydrogen) atoms. The molecule has 0 aliphatic carbocycles. The van der Waals surface area contributed by atoms with Crippen LogP contribution in [0.3, 0.4) is 0 Å². The maximum atomic E-state index is 12.3. The number of hydrogen-bond donors (Lipinski definition) is 1. The Bertz CT molecular complexity index is 881. The number of amides is 1. The van der Waals surface area contributed by atoms with Crippen molar-refractivity contribution in [3.63, 3.8) is 0 Å². The fraction of sp³-hybridized carbons (Fsp3) is 0.333. The number of nitrogens with one attached hydrogen (secondary N) is 1.